The molecule has 6 nitrogen and oxygen atoms in total. The Morgan fingerprint density at radius 2 is 2.00 bits per heavy atom. The number of aliphatic hydroxyl groups excluding tert-OH is 1. The van der Waals surface area contributed by atoms with Gasteiger partial charge >= 0.3 is 0 Å². The zero-order chi connectivity index (χ0) is 19.8. The van der Waals surface area contributed by atoms with Crippen molar-refractivity contribution in [3.8, 4) is 0 Å². The van der Waals surface area contributed by atoms with Gasteiger partial charge in [-0.2, -0.15) is 0 Å². The van der Waals surface area contributed by atoms with Crippen LogP contribution in [0.5, 0.6) is 0 Å². The standard InChI is InChI=1S/C21H27N3O3/c1-6-13-10-15(18(25)16-9-8-14(7-2)27-16)17(22-11-13)19-23-20(26)21(5,24-19)12(3)4/h8-12,18,25H,6-7H2,1-5H3,(H,23,24,26). The number of rotatable bonds is 6. The molecule has 2 aromatic rings. The summed E-state index contributed by atoms with van der Waals surface area (Å²) in [6, 6.07) is 5.54. The number of carbonyl (C=O) groups excluding carboxylic acids is 1. The molecule has 0 radical (unpaired) electrons. The fourth-order valence-electron chi connectivity index (χ4n) is 3.06. The van der Waals surface area contributed by atoms with Crippen molar-refractivity contribution in [1.82, 2.24) is 10.3 Å². The smallest absolute Gasteiger partial charge is 0.253 e. The van der Waals surface area contributed by atoms with Gasteiger partial charge < -0.3 is 14.8 Å². The first-order chi connectivity index (χ1) is 12.8. The second-order valence-corrected chi connectivity index (χ2v) is 7.41. The first-order valence-corrected chi connectivity index (χ1v) is 9.47. The zero-order valence-corrected chi connectivity index (χ0v) is 16.5. The van der Waals surface area contributed by atoms with Crippen LogP contribution in [0.25, 0.3) is 0 Å². The Morgan fingerprint density at radius 1 is 1.26 bits per heavy atom. The molecule has 0 aromatic carbocycles. The molecular formula is C21H27N3O3. The average molecular weight is 369 g/mol. The van der Waals surface area contributed by atoms with Crippen molar-refractivity contribution < 1.29 is 14.3 Å². The fraction of sp³-hybridized carbons (Fsp3) is 0.476. The third-order valence-electron chi connectivity index (χ3n) is 5.36. The highest BCUT2D eigenvalue weighted by Gasteiger charge is 2.43. The van der Waals surface area contributed by atoms with Gasteiger partial charge in [0.05, 0.1) is 0 Å². The maximum Gasteiger partial charge on any atom is 0.253 e. The van der Waals surface area contributed by atoms with E-state index in [4.69, 9.17) is 4.42 Å². The SMILES string of the molecule is CCc1cnc(C2=NC(C)(C(C)C)C(=O)N2)c(C(O)c2ccc(CC)o2)c1. The predicted octanol–water partition coefficient (Wildman–Crippen LogP) is 3.17. The van der Waals surface area contributed by atoms with Gasteiger partial charge in [-0.05, 0) is 43.0 Å². The summed E-state index contributed by atoms with van der Waals surface area (Å²) in [7, 11) is 0. The van der Waals surface area contributed by atoms with Gasteiger partial charge in [0.1, 0.15) is 28.9 Å². The van der Waals surface area contributed by atoms with Crippen molar-refractivity contribution in [2.45, 2.75) is 59.1 Å². The van der Waals surface area contributed by atoms with Gasteiger partial charge in [0.2, 0.25) is 0 Å². The van der Waals surface area contributed by atoms with Crippen molar-refractivity contribution in [1.29, 1.82) is 0 Å². The van der Waals surface area contributed by atoms with E-state index in [1.54, 1.807) is 12.3 Å². The number of nitrogens with one attached hydrogen (secondary N) is 1. The summed E-state index contributed by atoms with van der Waals surface area (Å²) in [6.45, 7) is 9.76. The molecule has 0 bridgehead atoms. The number of aliphatic hydroxyl groups is 1. The minimum Gasteiger partial charge on any atom is -0.463 e. The average Bonchev–Trinajstić information content (AvgIpc) is 3.26. The van der Waals surface area contributed by atoms with E-state index in [0.717, 1.165) is 24.2 Å². The highest BCUT2D eigenvalue weighted by molar-refractivity contribution is 6.15. The zero-order valence-electron chi connectivity index (χ0n) is 16.5. The fourth-order valence-corrected chi connectivity index (χ4v) is 3.06. The van der Waals surface area contributed by atoms with Crippen LogP contribution in [0, 0.1) is 5.92 Å². The molecule has 0 spiro atoms. The van der Waals surface area contributed by atoms with E-state index in [9.17, 15) is 9.90 Å². The summed E-state index contributed by atoms with van der Waals surface area (Å²) >= 11 is 0. The number of carbonyl (C=O) groups is 1. The van der Waals surface area contributed by atoms with E-state index in [1.807, 2.05) is 46.8 Å². The van der Waals surface area contributed by atoms with Crippen LogP contribution in [-0.4, -0.2) is 27.4 Å². The van der Waals surface area contributed by atoms with Crippen LogP contribution in [0.3, 0.4) is 0 Å². The number of hydrogen-bond donors (Lipinski definition) is 2. The lowest BCUT2D eigenvalue weighted by atomic mass is 9.89. The molecule has 1 amide bonds. The van der Waals surface area contributed by atoms with Gasteiger partial charge in [0.25, 0.3) is 5.91 Å². The van der Waals surface area contributed by atoms with Crippen LogP contribution in [0.15, 0.2) is 33.8 Å². The summed E-state index contributed by atoms with van der Waals surface area (Å²) in [6.07, 6.45) is 2.31. The number of aromatic nitrogens is 1. The van der Waals surface area contributed by atoms with Crippen LogP contribution >= 0.6 is 0 Å². The lowest BCUT2D eigenvalue weighted by Crippen LogP contribution is -2.41. The number of furan rings is 1. The molecule has 0 fully saturated rings. The molecule has 2 unspecified atom stereocenters. The van der Waals surface area contributed by atoms with Crippen molar-refractivity contribution >= 4 is 11.7 Å². The first-order valence-electron chi connectivity index (χ1n) is 9.47. The van der Waals surface area contributed by atoms with Gasteiger partial charge in [0, 0.05) is 18.2 Å². The lowest BCUT2D eigenvalue weighted by Gasteiger charge is -2.21. The number of pyridine rings is 1. The van der Waals surface area contributed by atoms with E-state index < -0.39 is 11.6 Å². The predicted molar refractivity (Wildman–Crippen MR) is 104 cm³/mol. The third kappa shape index (κ3) is 3.41. The number of amidine groups is 1. The molecule has 1 aliphatic heterocycles. The molecule has 6 heteroatoms. The van der Waals surface area contributed by atoms with Crippen molar-refractivity contribution in [2.24, 2.45) is 10.9 Å². The lowest BCUT2D eigenvalue weighted by molar-refractivity contribution is -0.124. The Bertz CT molecular complexity index is 885. The number of hydrogen-bond acceptors (Lipinski definition) is 5. The molecular weight excluding hydrogens is 342 g/mol. The van der Waals surface area contributed by atoms with Gasteiger partial charge in [-0.3, -0.25) is 9.78 Å². The minimum atomic E-state index is -0.982. The Kier molecular flexibility index (Phi) is 5.20. The van der Waals surface area contributed by atoms with Gasteiger partial charge in [-0.1, -0.05) is 27.7 Å². The molecule has 1 aliphatic rings. The highest BCUT2D eigenvalue weighted by Crippen LogP contribution is 2.31. The van der Waals surface area contributed by atoms with Crippen LogP contribution in [0.1, 0.15) is 69.1 Å². The summed E-state index contributed by atoms with van der Waals surface area (Å²) in [5, 5.41) is 13.8. The van der Waals surface area contributed by atoms with E-state index in [1.165, 1.54) is 0 Å². The quantitative estimate of drug-likeness (QED) is 0.819. The van der Waals surface area contributed by atoms with Gasteiger partial charge in [-0.15, -0.1) is 0 Å². The number of aliphatic imine (C=N–C) groups is 1. The Hall–Kier alpha value is -2.47. The van der Waals surface area contributed by atoms with Crippen LogP contribution in [-0.2, 0) is 17.6 Å². The first kappa shape index (κ1) is 19.3. The van der Waals surface area contributed by atoms with Gasteiger partial charge in [-0.25, -0.2) is 4.99 Å². The molecule has 3 heterocycles. The summed E-state index contributed by atoms with van der Waals surface area (Å²) in [5.74, 6) is 1.55. The van der Waals surface area contributed by atoms with Crippen LogP contribution in [0.2, 0.25) is 0 Å². The van der Waals surface area contributed by atoms with E-state index in [0.29, 0.717) is 22.9 Å². The molecule has 0 aliphatic carbocycles. The molecule has 2 N–H and O–H groups in total. The second-order valence-electron chi connectivity index (χ2n) is 7.41. The Labute approximate surface area is 159 Å². The summed E-state index contributed by atoms with van der Waals surface area (Å²) in [4.78, 5) is 21.7. The monoisotopic (exact) mass is 369 g/mol. The second kappa shape index (κ2) is 7.27. The molecule has 0 saturated carbocycles. The number of amides is 1. The molecule has 2 atom stereocenters. The number of aryl methyl sites for hydroxylation is 2. The Balaban J connectivity index is 2.08. The van der Waals surface area contributed by atoms with Gasteiger partial charge in [0.15, 0.2) is 5.84 Å². The highest BCUT2D eigenvalue weighted by atomic mass is 16.4. The van der Waals surface area contributed by atoms with Crippen LogP contribution < -0.4 is 5.32 Å². The maximum atomic E-state index is 12.5. The minimum absolute atomic E-state index is 0.0375. The molecule has 27 heavy (non-hydrogen) atoms. The maximum absolute atomic E-state index is 12.5. The summed E-state index contributed by atoms with van der Waals surface area (Å²) in [5.41, 5.74) is 1.21. The normalized spacial score (nSPS) is 20.7. The van der Waals surface area contributed by atoms with Crippen molar-refractivity contribution in [3.63, 3.8) is 0 Å². The van der Waals surface area contributed by atoms with E-state index in [-0.39, 0.29) is 11.8 Å². The third-order valence-corrected chi connectivity index (χ3v) is 5.36. The summed E-state index contributed by atoms with van der Waals surface area (Å²) < 4.78 is 5.74. The molecule has 3 rings (SSSR count). The largest absolute Gasteiger partial charge is 0.463 e. The van der Waals surface area contributed by atoms with Crippen molar-refractivity contribution in [3.05, 3.63) is 52.7 Å². The van der Waals surface area contributed by atoms with Crippen molar-refractivity contribution in [2.75, 3.05) is 0 Å². The topological polar surface area (TPSA) is 87.7 Å². The van der Waals surface area contributed by atoms with E-state index >= 15 is 0 Å². The molecule has 0 saturated heterocycles. The van der Waals surface area contributed by atoms with E-state index in [2.05, 4.69) is 15.3 Å². The van der Waals surface area contributed by atoms with Crippen LogP contribution in [0.4, 0.5) is 0 Å². The number of nitrogens with zero attached hydrogens (tertiary/aromatic N) is 2. The molecule has 2 aromatic heterocycles. The Morgan fingerprint density at radius 3 is 2.56 bits per heavy atom. The molecule has 144 valence electrons.